The fourth-order valence-electron chi connectivity index (χ4n) is 4.00. The second-order valence-corrected chi connectivity index (χ2v) is 8.29. The standard InChI is InChI=1S/C23H22BrNO5/c1-29-17-5-2-4-15(12-17)20-19(21(26)14-7-9-16(24)10-8-14)22(27)23(28)25(20)13-18-6-3-11-30-18/h2,4-5,7-10,12,18,20,26H,3,6,11,13H2,1H3/b21-19+. The summed E-state index contributed by atoms with van der Waals surface area (Å²) in [5, 5.41) is 11.0. The summed E-state index contributed by atoms with van der Waals surface area (Å²) in [5.74, 6) is -0.902. The Hall–Kier alpha value is -2.64. The number of amides is 1. The highest BCUT2D eigenvalue weighted by Gasteiger charge is 2.47. The number of halogens is 1. The van der Waals surface area contributed by atoms with Crippen LogP contribution >= 0.6 is 15.9 Å². The van der Waals surface area contributed by atoms with Gasteiger partial charge in [0.25, 0.3) is 11.7 Å². The van der Waals surface area contributed by atoms with Crippen LogP contribution in [-0.4, -0.2) is 48.1 Å². The van der Waals surface area contributed by atoms with Gasteiger partial charge in [0, 0.05) is 23.2 Å². The molecule has 7 heteroatoms. The minimum atomic E-state index is -0.715. The van der Waals surface area contributed by atoms with Crippen LogP contribution < -0.4 is 4.74 Å². The Morgan fingerprint density at radius 2 is 2.00 bits per heavy atom. The van der Waals surface area contributed by atoms with E-state index in [1.807, 2.05) is 6.07 Å². The Bertz CT molecular complexity index is 995. The highest BCUT2D eigenvalue weighted by atomic mass is 79.9. The predicted octanol–water partition coefficient (Wildman–Crippen LogP) is 4.06. The number of carbonyl (C=O) groups excluding carboxylic acids is 2. The summed E-state index contributed by atoms with van der Waals surface area (Å²) in [6.07, 6.45) is 1.64. The van der Waals surface area contributed by atoms with Crippen molar-refractivity contribution in [3.63, 3.8) is 0 Å². The average molecular weight is 472 g/mol. The summed E-state index contributed by atoms with van der Waals surface area (Å²) in [6, 6.07) is 13.5. The number of likely N-dealkylation sites (tertiary alicyclic amines) is 1. The molecule has 6 nitrogen and oxygen atoms in total. The Labute approximate surface area is 183 Å². The topological polar surface area (TPSA) is 76.1 Å². The molecule has 2 fully saturated rings. The number of rotatable bonds is 5. The van der Waals surface area contributed by atoms with E-state index >= 15 is 0 Å². The normalized spacial score (nSPS) is 23.2. The molecule has 0 aromatic heterocycles. The molecule has 1 N–H and O–H groups in total. The molecule has 2 aliphatic heterocycles. The molecule has 2 heterocycles. The number of hydrogen-bond donors (Lipinski definition) is 1. The van der Waals surface area contributed by atoms with Gasteiger partial charge in [-0.15, -0.1) is 0 Å². The Morgan fingerprint density at radius 1 is 1.23 bits per heavy atom. The first-order chi connectivity index (χ1) is 14.5. The lowest BCUT2D eigenvalue weighted by molar-refractivity contribution is -0.140. The molecule has 2 aromatic rings. The number of hydrogen-bond acceptors (Lipinski definition) is 5. The van der Waals surface area contributed by atoms with Crippen LogP contribution in [0.1, 0.15) is 30.0 Å². The largest absolute Gasteiger partial charge is 0.507 e. The van der Waals surface area contributed by atoms with Crippen LogP contribution in [0.25, 0.3) is 5.76 Å². The number of ketones is 1. The lowest BCUT2D eigenvalue weighted by atomic mass is 9.95. The highest BCUT2D eigenvalue weighted by molar-refractivity contribution is 9.10. The van der Waals surface area contributed by atoms with Crippen molar-refractivity contribution in [1.29, 1.82) is 0 Å². The first kappa shape index (κ1) is 20.6. The number of nitrogens with zero attached hydrogens (tertiary/aromatic N) is 1. The maximum Gasteiger partial charge on any atom is 0.295 e. The molecule has 2 unspecified atom stereocenters. The van der Waals surface area contributed by atoms with Gasteiger partial charge in [0.05, 0.1) is 24.8 Å². The maximum atomic E-state index is 13.0. The fourth-order valence-corrected chi connectivity index (χ4v) is 4.26. The minimum absolute atomic E-state index is 0.0774. The Balaban J connectivity index is 1.83. The van der Waals surface area contributed by atoms with Gasteiger partial charge in [0.2, 0.25) is 0 Å². The number of aliphatic hydroxyl groups is 1. The Morgan fingerprint density at radius 3 is 2.67 bits per heavy atom. The van der Waals surface area contributed by atoms with Crippen molar-refractivity contribution >= 4 is 33.4 Å². The number of carbonyl (C=O) groups is 2. The lowest BCUT2D eigenvalue weighted by Gasteiger charge is -2.27. The molecule has 2 aromatic carbocycles. The second kappa shape index (κ2) is 8.62. The SMILES string of the molecule is COc1cccc(C2/C(=C(\O)c3ccc(Br)cc3)C(=O)C(=O)N2CC2CCCO2)c1. The molecule has 0 bridgehead atoms. The zero-order chi connectivity index (χ0) is 21.3. The van der Waals surface area contributed by atoms with Crippen LogP contribution in [0.5, 0.6) is 5.75 Å². The average Bonchev–Trinajstić information content (AvgIpc) is 3.36. The van der Waals surface area contributed by atoms with Crippen molar-refractivity contribution in [2.75, 3.05) is 20.3 Å². The van der Waals surface area contributed by atoms with Crippen molar-refractivity contribution in [2.45, 2.75) is 25.0 Å². The number of Topliss-reactive ketones (excluding diaryl/α,β-unsaturated/α-hetero) is 1. The monoisotopic (exact) mass is 471 g/mol. The molecular formula is C23H22BrNO5. The summed E-state index contributed by atoms with van der Waals surface area (Å²) in [5.41, 5.74) is 1.25. The molecular weight excluding hydrogens is 450 g/mol. The zero-order valence-corrected chi connectivity index (χ0v) is 18.1. The summed E-state index contributed by atoms with van der Waals surface area (Å²) >= 11 is 3.37. The first-order valence-corrected chi connectivity index (χ1v) is 10.6. The van der Waals surface area contributed by atoms with E-state index in [9.17, 15) is 14.7 Å². The van der Waals surface area contributed by atoms with E-state index in [4.69, 9.17) is 9.47 Å². The van der Waals surface area contributed by atoms with E-state index in [0.717, 1.165) is 17.3 Å². The molecule has 2 atom stereocenters. The van der Waals surface area contributed by atoms with Crippen LogP contribution in [0.2, 0.25) is 0 Å². The van der Waals surface area contributed by atoms with Gasteiger partial charge in [-0.05, 0) is 42.7 Å². The molecule has 156 valence electrons. The van der Waals surface area contributed by atoms with Crippen LogP contribution in [0.15, 0.2) is 58.6 Å². The number of ether oxygens (including phenoxy) is 2. The number of methoxy groups -OCH3 is 1. The van der Waals surface area contributed by atoms with Crippen molar-refractivity contribution in [3.05, 3.63) is 69.7 Å². The zero-order valence-electron chi connectivity index (χ0n) is 16.5. The van der Waals surface area contributed by atoms with Gasteiger partial charge in [-0.2, -0.15) is 0 Å². The summed E-state index contributed by atoms with van der Waals surface area (Å²) in [4.78, 5) is 27.5. The van der Waals surface area contributed by atoms with E-state index in [-0.39, 0.29) is 17.4 Å². The van der Waals surface area contributed by atoms with E-state index in [1.54, 1.807) is 49.6 Å². The molecule has 1 amide bonds. The molecule has 0 saturated carbocycles. The Kier molecular flexibility index (Phi) is 5.92. The van der Waals surface area contributed by atoms with Gasteiger partial charge in [-0.1, -0.05) is 40.2 Å². The van der Waals surface area contributed by atoms with Crippen molar-refractivity contribution in [2.24, 2.45) is 0 Å². The minimum Gasteiger partial charge on any atom is -0.507 e. The van der Waals surface area contributed by atoms with Crippen molar-refractivity contribution in [1.82, 2.24) is 4.90 Å². The maximum absolute atomic E-state index is 13.0. The van der Waals surface area contributed by atoms with Gasteiger partial charge in [-0.25, -0.2) is 0 Å². The molecule has 4 rings (SSSR count). The van der Waals surface area contributed by atoms with E-state index in [2.05, 4.69) is 15.9 Å². The van der Waals surface area contributed by atoms with E-state index in [0.29, 0.717) is 30.0 Å². The van der Waals surface area contributed by atoms with Crippen LogP contribution in [0.4, 0.5) is 0 Å². The van der Waals surface area contributed by atoms with Crippen LogP contribution in [-0.2, 0) is 14.3 Å². The van der Waals surface area contributed by atoms with Gasteiger partial charge in [0.1, 0.15) is 11.5 Å². The van der Waals surface area contributed by atoms with Gasteiger partial charge in [-0.3, -0.25) is 9.59 Å². The number of benzene rings is 2. The van der Waals surface area contributed by atoms with Crippen molar-refractivity contribution < 1.29 is 24.2 Å². The number of aliphatic hydroxyl groups excluding tert-OH is 1. The van der Waals surface area contributed by atoms with Crippen LogP contribution in [0, 0.1) is 0 Å². The third-order valence-electron chi connectivity index (χ3n) is 5.49. The third-order valence-corrected chi connectivity index (χ3v) is 6.02. The third kappa shape index (κ3) is 3.87. The van der Waals surface area contributed by atoms with E-state index < -0.39 is 17.7 Å². The molecule has 0 aliphatic carbocycles. The van der Waals surface area contributed by atoms with E-state index in [1.165, 1.54) is 4.90 Å². The molecule has 0 radical (unpaired) electrons. The summed E-state index contributed by atoms with van der Waals surface area (Å²) < 4.78 is 11.9. The second-order valence-electron chi connectivity index (χ2n) is 7.37. The highest BCUT2D eigenvalue weighted by Crippen LogP contribution is 2.41. The van der Waals surface area contributed by atoms with Gasteiger partial charge >= 0.3 is 0 Å². The summed E-state index contributed by atoms with van der Waals surface area (Å²) in [7, 11) is 1.56. The smallest absolute Gasteiger partial charge is 0.295 e. The fraction of sp³-hybridized carbons (Fsp3) is 0.304. The molecule has 2 aliphatic rings. The quantitative estimate of drug-likeness (QED) is 0.404. The first-order valence-electron chi connectivity index (χ1n) is 9.79. The summed E-state index contributed by atoms with van der Waals surface area (Å²) in [6.45, 7) is 0.945. The predicted molar refractivity (Wildman–Crippen MR) is 115 cm³/mol. The van der Waals surface area contributed by atoms with Gasteiger partial charge in [0.15, 0.2) is 0 Å². The van der Waals surface area contributed by atoms with Crippen LogP contribution in [0.3, 0.4) is 0 Å². The van der Waals surface area contributed by atoms with Gasteiger partial charge < -0.3 is 19.5 Å². The molecule has 2 saturated heterocycles. The lowest BCUT2D eigenvalue weighted by Crippen LogP contribution is -2.36. The van der Waals surface area contributed by atoms with Crippen molar-refractivity contribution in [3.8, 4) is 5.75 Å². The molecule has 0 spiro atoms. The molecule has 30 heavy (non-hydrogen) atoms.